The lowest BCUT2D eigenvalue weighted by molar-refractivity contribution is -0.192. The molecule has 4 atom stereocenters. The van der Waals surface area contributed by atoms with E-state index in [1.165, 1.54) is 12.1 Å². The first-order valence-corrected chi connectivity index (χ1v) is 14.0. The van der Waals surface area contributed by atoms with Crippen LogP contribution in [0.1, 0.15) is 44.3 Å². The van der Waals surface area contributed by atoms with Gasteiger partial charge in [0.1, 0.15) is 30.5 Å². The number of rotatable bonds is 9. The van der Waals surface area contributed by atoms with Crippen molar-refractivity contribution in [3.05, 3.63) is 60.3 Å². The molecule has 0 saturated carbocycles. The van der Waals surface area contributed by atoms with E-state index in [-0.39, 0.29) is 19.1 Å². The lowest BCUT2D eigenvalue weighted by Gasteiger charge is -2.23. The van der Waals surface area contributed by atoms with Gasteiger partial charge in [-0.25, -0.2) is 14.6 Å². The van der Waals surface area contributed by atoms with Gasteiger partial charge in [0.05, 0.1) is 24.8 Å². The number of amides is 1. The van der Waals surface area contributed by atoms with E-state index < -0.39 is 37.9 Å². The average molecular weight is 544 g/mol. The number of benzene rings is 1. The number of aromatic nitrogens is 4. The van der Waals surface area contributed by atoms with Gasteiger partial charge < -0.3 is 28.6 Å². The summed E-state index contributed by atoms with van der Waals surface area (Å²) in [6.07, 6.45) is 2.14. The smallest absolute Gasteiger partial charge is 0.343 e. The maximum absolute atomic E-state index is 13.0. The highest BCUT2D eigenvalue weighted by Gasteiger charge is 2.56. The third-order valence-corrected chi connectivity index (χ3v) is 7.81. The summed E-state index contributed by atoms with van der Waals surface area (Å²) in [4.78, 5) is 21.4. The second-order valence-electron chi connectivity index (χ2n) is 9.14. The summed E-state index contributed by atoms with van der Waals surface area (Å²) in [6, 6.07) is 8.84. The zero-order chi connectivity index (χ0) is 26.9. The quantitative estimate of drug-likeness (QED) is 0.390. The predicted octanol–water partition coefficient (Wildman–Crippen LogP) is 4.28. The average Bonchev–Trinajstić information content (AvgIpc) is 3.55. The molecule has 2 aromatic heterocycles. The van der Waals surface area contributed by atoms with Crippen molar-refractivity contribution in [2.24, 2.45) is 0 Å². The molecule has 1 amide bonds. The Morgan fingerprint density at radius 1 is 1.13 bits per heavy atom. The Morgan fingerprint density at radius 3 is 2.55 bits per heavy atom. The van der Waals surface area contributed by atoms with Crippen LogP contribution in [0, 0.1) is 0 Å². The van der Waals surface area contributed by atoms with Crippen LogP contribution in [0.3, 0.4) is 0 Å². The fourth-order valence-electron chi connectivity index (χ4n) is 4.55. The summed E-state index contributed by atoms with van der Waals surface area (Å²) in [6.45, 7) is 7.59. The minimum absolute atomic E-state index is 0.233. The molecule has 1 aromatic carbocycles. The number of fused-ring (bicyclic) bond motifs is 2. The third-order valence-electron chi connectivity index (χ3n) is 6.04. The minimum Gasteiger partial charge on any atom is -0.343 e. The lowest BCUT2D eigenvalue weighted by atomic mass is 10.1. The van der Waals surface area contributed by atoms with Gasteiger partial charge in [-0.15, -0.1) is 0 Å². The van der Waals surface area contributed by atoms with Crippen LogP contribution in [0.5, 0.6) is 0 Å². The summed E-state index contributed by atoms with van der Waals surface area (Å²) < 4.78 is 43.9. The highest BCUT2D eigenvalue weighted by Crippen LogP contribution is 2.51. The van der Waals surface area contributed by atoms with Crippen LogP contribution in [0.4, 0.5) is 5.82 Å². The largest absolute Gasteiger partial charge is 0.353 e. The van der Waals surface area contributed by atoms with E-state index in [0.717, 1.165) is 0 Å². The van der Waals surface area contributed by atoms with E-state index in [1.807, 2.05) is 19.9 Å². The summed E-state index contributed by atoms with van der Waals surface area (Å²) >= 11 is 0. The molecule has 5 rings (SSSR count). The number of hydrogen-bond acceptors (Lipinski definition) is 10. The fraction of sp³-hybridized carbons (Fsp3) is 0.440. The molecule has 38 heavy (non-hydrogen) atoms. The molecular weight excluding hydrogens is 513 g/mol. The van der Waals surface area contributed by atoms with E-state index >= 15 is 0 Å². The van der Waals surface area contributed by atoms with Gasteiger partial charge in [0.25, 0.3) is 5.91 Å². The molecule has 0 radical (unpaired) electrons. The van der Waals surface area contributed by atoms with Crippen LogP contribution in [-0.4, -0.2) is 63.0 Å². The molecule has 2 aliphatic heterocycles. The van der Waals surface area contributed by atoms with Gasteiger partial charge in [0.15, 0.2) is 17.7 Å². The molecule has 0 spiro atoms. The standard InChI is InChI=1S/C25H30N5O7P/c1-5-33-38(32,34-6-2)13-12-18-19-20(37-25(3,4)36-19)24(35-18)30-22-17(14-28-30)21(26-15-27-22)29-23(31)16-10-8-7-9-11-16/h7-15,18-20,24H,5-6H2,1-4H3,(H,26,27,29,31)/b13-12+/t18-,19-,20-,24-/m1/s1. The van der Waals surface area contributed by atoms with Crippen molar-refractivity contribution >= 4 is 30.4 Å². The molecule has 0 unspecified atom stereocenters. The van der Waals surface area contributed by atoms with Crippen LogP contribution in [-0.2, 0) is 27.8 Å². The van der Waals surface area contributed by atoms with E-state index in [0.29, 0.717) is 22.4 Å². The topological polar surface area (TPSA) is 136 Å². The molecule has 3 aromatic rings. The first-order chi connectivity index (χ1) is 18.2. The molecule has 2 fully saturated rings. The van der Waals surface area contributed by atoms with Crippen LogP contribution >= 0.6 is 7.60 Å². The number of carbonyl (C=O) groups is 1. The Morgan fingerprint density at radius 2 is 1.84 bits per heavy atom. The zero-order valence-corrected chi connectivity index (χ0v) is 22.4. The number of anilines is 1. The minimum atomic E-state index is -3.45. The van der Waals surface area contributed by atoms with Gasteiger partial charge in [-0.2, -0.15) is 5.10 Å². The number of nitrogens with zero attached hydrogens (tertiary/aromatic N) is 4. The van der Waals surface area contributed by atoms with Crippen LogP contribution < -0.4 is 5.32 Å². The predicted molar refractivity (Wildman–Crippen MR) is 137 cm³/mol. The van der Waals surface area contributed by atoms with Gasteiger partial charge in [0, 0.05) is 11.4 Å². The molecular formula is C25H30N5O7P. The van der Waals surface area contributed by atoms with Crippen LogP contribution in [0.15, 0.2) is 54.7 Å². The Labute approximate surface area is 219 Å². The number of ether oxygens (including phenoxy) is 3. The second kappa shape index (κ2) is 10.6. The maximum Gasteiger partial charge on any atom is 0.353 e. The first-order valence-electron chi connectivity index (χ1n) is 12.4. The molecule has 13 heteroatoms. The van der Waals surface area contributed by atoms with Crippen molar-refractivity contribution in [1.82, 2.24) is 19.7 Å². The van der Waals surface area contributed by atoms with Crippen molar-refractivity contribution in [1.29, 1.82) is 0 Å². The fourth-order valence-corrected chi connectivity index (χ4v) is 5.90. The van der Waals surface area contributed by atoms with Gasteiger partial charge in [-0.3, -0.25) is 9.36 Å². The van der Waals surface area contributed by atoms with Gasteiger partial charge in [-0.1, -0.05) is 18.2 Å². The van der Waals surface area contributed by atoms with Crippen molar-refractivity contribution in [3.63, 3.8) is 0 Å². The molecule has 2 aliphatic rings. The van der Waals surface area contributed by atoms with Gasteiger partial charge in [0.2, 0.25) is 0 Å². The van der Waals surface area contributed by atoms with Crippen LogP contribution in [0.2, 0.25) is 0 Å². The first kappa shape index (κ1) is 26.6. The Hall–Kier alpha value is -2.99. The van der Waals surface area contributed by atoms with E-state index in [2.05, 4.69) is 20.4 Å². The Balaban J connectivity index is 1.44. The summed E-state index contributed by atoms with van der Waals surface area (Å²) in [5.41, 5.74) is 0.942. The molecule has 12 nitrogen and oxygen atoms in total. The van der Waals surface area contributed by atoms with Crippen molar-refractivity contribution in [2.75, 3.05) is 18.5 Å². The van der Waals surface area contributed by atoms with Gasteiger partial charge in [-0.05, 0) is 45.9 Å². The summed E-state index contributed by atoms with van der Waals surface area (Å²) in [7, 11) is -3.45. The van der Waals surface area contributed by atoms with E-state index in [1.54, 1.807) is 55.1 Å². The maximum atomic E-state index is 13.0. The monoisotopic (exact) mass is 543 g/mol. The summed E-state index contributed by atoms with van der Waals surface area (Å²) in [5, 5.41) is 7.86. The Kier molecular flexibility index (Phi) is 7.45. The highest BCUT2D eigenvalue weighted by molar-refractivity contribution is 7.57. The number of carbonyl (C=O) groups excluding carboxylic acids is 1. The zero-order valence-electron chi connectivity index (χ0n) is 21.5. The Bertz CT molecular complexity index is 1370. The van der Waals surface area contributed by atoms with Crippen molar-refractivity contribution < 1.29 is 32.6 Å². The van der Waals surface area contributed by atoms with Crippen molar-refractivity contribution in [2.45, 2.75) is 58.0 Å². The van der Waals surface area contributed by atoms with Crippen LogP contribution in [0.25, 0.3) is 11.0 Å². The highest BCUT2D eigenvalue weighted by atomic mass is 31.2. The van der Waals surface area contributed by atoms with Crippen molar-refractivity contribution in [3.8, 4) is 0 Å². The molecule has 2 saturated heterocycles. The number of hydrogen-bond donors (Lipinski definition) is 1. The van der Waals surface area contributed by atoms with E-state index in [9.17, 15) is 9.36 Å². The molecule has 0 aliphatic carbocycles. The third kappa shape index (κ3) is 5.28. The lowest BCUT2D eigenvalue weighted by Crippen LogP contribution is -2.28. The molecule has 202 valence electrons. The van der Waals surface area contributed by atoms with E-state index in [4.69, 9.17) is 23.3 Å². The SMILES string of the molecule is CCOP(=O)(/C=C/[C@H]1O[C@@H](n2ncc3c(NC(=O)c4ccccc4)ncnc32)[C@@H]2OC(C)(C)O[C@@H]21)OCC. The number of nitrogens with one attached hydrogen (secondary N) is 1. The van der Waals surface area contributed by atoms with Gasteiger partial charge >= 0.3 is 7.60 Å². The molecule has 0 bridgehead atoms. The second-order valence-corrected chi connectivity index (χ2v) is 11.0. The normalized spacial score (nSPS) is 24.7. The summed E-state index contributed by atoms with van der Waals surface area (Å²) in [5.74, 6) is 0.543. The molecule has 4 heterocycles. The molecule has 1 N–H and O–H groups in total.